The lowest BCUT2D eigenvalue weighted by Gasteiger charge is -2.16. The van der Waals surface area contributed by atoms with Crippen molar-refractivity contribution < 1.29 is 27.5 Å². The zero-order valence-electron chi connectivity index (χ0n) is 11.7. The lowest BCUT2D eigenvalue weighted by Crippen LogP contribution is -2.31. The van der Waals surface area contributed by atoms with Crippen LogP contribution in [0.5, 0.6) is 0 Å². The third kappa shape index (κ3) is 5.44. The van der Waals surface area contributed by atoms with Crippen LogP contribution in [0, 0.1) is 0 Å². The summed E-state index contributed by atoms with van der Waals surface area (Å²) in [6.07, 6.45) is -2.83. The molecule has 1 aromatic rings. The van der Waals surface area contributed by atoms with Crippen LogP contribution in [0.3, 0.4) is 0 Å². The molecule has 0 atom stereocenters. The SMILES string of the molecule is COC(=O)CCCN(C)C(=O)Cn1ccc(C(F)(F)F)n1. The maximum atomic E-state index is 12.4. The summed E-state index contributed by atoms with van der Waals surface area (Å²) in [6.45, 7) is 0.0200. The van der Waals surface area contributed by atoms with Crippen LogP contribution in [0.25, 0.3) is 0 Å². The number of likely N-dealkylation sites (N-methyl/N-ethyl adjacent to an activating group) is 1. The van der Waals surface area contributed by atoms with Gasteiger partial charge in [-0.25, -0.2) is 0 Å². The second-order valence-electron chi connectivity index (χ2n) is 4.39. The molecule has 0 N–H and O–H groups in total. The van der Waals surface area contributed by atoms with E-state index in [1.807, 2.05) is 0 Å². The Morgan fingerprint density at radius 1 is 1.43 bits per heavy atom. The number of carbonyl (C=O) groups is 2. The van der Waals surface area contributed by atoms with Gasteiger partial charge in [0.2, 0.25) is 5.91 Å². The van der Waals surface area contributed by atoms with Gasteiger partial charge < -0.3 is 9.64 Å². The van der Waals surface area contributed by atoms with E-state index in [9.17, 15) is 22.8 Å². The van der Waals surface area contributed by atoms with Crippen molar-refractivity contribution in [2.45, 2.75) is 25.6 Å². The van der Waals surface area contributed by atoms with E-state index in [0.29, 0.717) is 13.0 Å². The largest absolute Gasteiger partial charge is 0.469 e. The van der Waals surface area contributed by atoms with Crippen LogP contribution >= 0.6 is 0 Å². The normalized spacial score (nSPS) is 11.3. The van der Waals surface area contributed by atoms with Gasteiger partial charge in [0.1, 0.15) is 6.54 Å². The highest BCUT2D eigenvalue weighted by molar-refractivity contribution is 5.75. The number of halogens is 3. The fourth-order valence-electron chi connectivity index (χ4n) is 1.55. The van der Waals surface area contributed by atoms with E-state index >= 15 is 0 Å². The van der Waals surface area contributed by atoms with Gasteiger partial charge in [-0.3, -0.25) is 14.3 Å². The van der Waals surface area contributed by atoms with Crippen molar-refractivity contribution in [2.24, 2.45) is 0 Å². The van der Waals surface area contributed by atoms with Crippen LogP contribution in [-0.4, -0.2) is 47.3 Å². The Balaban J connectivity index is 2.45. The minimum atomic E-state index is -4.53. The van der Waals surface area contributed by atoms with Gasteiger partial charge in [0.15, 0.2) is 5.69 Å². The minimum Gasteiger partial charge on any atom is -0.469 e. The van der Waals surface area contributed by atoms with Crippen molar-refractivity contribution in [1.82, 2.24) is 14.7 Å². The highest BCUT2D eigenvalue weighted by Gasteiger charge is 2.33. The first kappa shape index (κ1) is 17.0. The number of rotatable bonds is 6. The molecule has 0 aliphatic heterocycles. The van der Waals surface area contributed by atoms with Gasteiger partial charge in [-0.2, -0.15) is 18.3 Å². The monoisotopic (exact) mass is 307 g/mol. The number of nitrogens with zero attached hydrogens (tertiary/aromatic N) is 3. The predicted molar refractivity (Wildman–Crippen MR) is 66.1 cm³/mol. The molecule has 0 saturated carbocycles. The molecule has 6 nitrogen and oxygen atoms in total. The molecular formula is C12H16F3N3O3. The predicted octanol–water partition coefficient (Wildman–Crippen LogP) is 1.31. The molecule has 9 heteroatoms. The standard InChI is InChI=1S/C12H16F3N3O3/c1-17(6-3-4-11(20)21-2)10(19)8-18-7-5-9(16-18)12(13,14)15/h5,7H,3-4,6,8H2,1-2H3. The van der Waals surface area contributed by atoms with Crippen molar-refractivity contribution in [2.75, 3.05) is 20.7 Å². The molecule has 0 fully saturated rings. The summed E-state index contributed by atoms with van der Waals surface area (Å²) in [5, 5.41) is 3.30. The summed E-state index contributed by atoms with van der Waals surface area (Å²) in [4.78, 5) is 24.0. The number of ether oxygens (including phenoxy) is 1. The van der Waals surface area contributed by atoms with Crippen LogP contribution in [-0.2, 0) is 27.0 Å². The van der Waals surface area contributed by atoms with E-state index in [2.05, 4.69) is 9.84 Å². The highest BCUT2D eigenvalue weighted by Crippen LogP contribution is 2.27. The van der Waals surface area contributed by atoms with Crippen LogP contribution in [0.1, 0.15) is 18.5 Å². The molecule has 0 spiro atoms. The number of hydrogen-bond acceptors (Lipinski definition) is 4. The maximum absolute atomic E-state index is 12.4. The molecule has 1 aromatic heterocycles. The van der Waals surface area contributed by atoms with E-state index < -0.39 is 17.8 Å². The van der Waals surface area contributed by atoms with E-state index in [0.717, 1.165) is 16.9 Å². The number of alkyl halides is 3. The molecule has 0 radical (unpaired) electrons. The number of aromatic nitrogens is 2. The van der Waals surface area contributed by atoms with E-state index in [1.165, 1.54) is 19.1 Å². The molecule has 0 unspecified atom stereocenters. The number of carbonyl (C=O) groups excluding carboxylic acids is 2. The van der Waals surface area contributed by atoms with E-state index in [4.69, 9.17) is 0 Å². The van der Waals surface area contributed by atoms with Crippen molar-refractivity contribution in [3.63, 3.8) is 0 Å². The van der Waals surface area contributed by atoms with Crippen LogP contribution in [0.2, 0.25) is 0 Å². The minimum absolute atomic E-state index is 0.175. The molecule has 1 rings (SSSR count). The summed E-state index contributed by atoms with van der Waals surface area (Å²) >= 11 is 0. The molecular weight excluding hydrogens is 291 g/mol. The Labute approximate surface area is 119 Å². The van der Waals surface area contributed by atoms with E-state index in [1.54, 1.807) is 0 Å². The topological polar surface area (TPSA) is 64.4 Å². The van der Waals surface area contributed by atoms with Gasteiger partial charge in [-0.1, -0.05) is 0 Å². The van der Waals surface area contributed by atoms with Crippen LogP contribution in [0.4, 0.5) is 13.2 Å². The van der Waals surface area contributed by atoms with Crippen LogP contribution in [0.15, 0.2) is 12.3 Å². The molecule has 0 aliphatic carbocycles. The van der Waals surface area contributed by atoms with Gasteiger partial charge >= 0.3 is 12.1 Å². The molecule has 0 aromatic carbocycles. The van der Waals surface area contributed by atoms with E-state index in [-0.39, 0.29) is 18.9 Å². The zero-order valence-corrected chi connectivity index (χ0v) is 11.7. The van der Waals surface area contributed by atoms with Crippen molar-refractivity contribution in [3.05, 3.63) is 18.0 Å². The Hall–Kier alpha value is -2.06. The Bertz CT molecular complexity index is 499. The van der Waals surface area contributed by atoms with Gasteiger partial charge in [-0.05, 0) is 12.5 Å². The summed E-state index contributed by atoms with van der Waals surface area (Å²) in [5.41, 5.74) is -1.04. The average molecular weight is 307 g/mol. The molecule has 21 heavy (non-hydrogen) atoms. The molecule has 1 heterocycles. The number of esters is 1. The number of methoxy groups -OCH3 is 1. The van der Waals surface area contributed by atoms with Gasteiger partial charge in [0.05, 0.1) is 7.11 Å². The van der Waals surface area contributed by atoms with Gasteiger partial charge in [-0.15, -0.1) is 0 Å². The molecule has 118 valence electrons. The number of hydrogen-bond donors (Lipinski definition) is 0. The van der Waals surface area contributed by atoms with Crippen molar-refractivity contribution in [3.8, 4) is 0 Å². The molecule has 0 aliphatic rings. The second kappa shape index (κ2) is 7.09. The fourth-order valence-corrected chi connectivity index (χ4v) is 1.55. The lowest BCUT2D eigenvalue weighted by molar-refractivity contribution is -0.142. The van der Waals surface area contributed by atoms with Gasteiger partial charge in [0.25, 0.3) is 0 Å². The maximum Gasteiger partial charge on any atom is 0.435 e. The Morgan fingerprint density at radius 2 is 2.10 bits per heavy atom. The smallest absolute Gasteiger partial charge is 0.435 e. The summed E-state index contributed by atoms with van der Waals surface area (Å²) in [6, 6.07) is 0.810. The van der Waals surface area contributed by atoms with Crippen molar-refractivity contribution in [1.29, 1.82) is 0 Å². The first-order valence-electron chi connectivity index (χ1n) is 6.15. The van der Waals surface area contributed by atoms with Crippen molar-refractivity contribution >= 4 is 11.9 Å². The summed E-state index contributed by atoms with van der Waals surface area (Å²) in [5.74, 6) is -0.769. The average Bonchev–Trinajstić information content (AvgIpc) is 2.86. The summed E-state index contributed by atoms with van der Waals surface area (Å²) in [7, 11) is 2.78. The second-order valence-corrected chi connectivity index (χ2v) is 4.39. The summed E-state index contributed by atoms with van der Waals surface area (Å²) < 4.78 is 42.5. The number of amides is 1. The molecule has 1 amide bonds. The first-order chi connectivity index (χ1) is 9.74. The molecule has 0 bridgehead atoms. The third-order valence-electron chi connectivity index (χ3n) is 2.76. The van der Waals surface area contributed by atoms with Crippen LogP contribution < -0.4 is 0 Å². The fraction of sp³-hybridized carbons (Fsp3) is 0.583. The molecule has 0 saturated heterocycles. The zero-order chi connectivity index (χ0) is 16.0. The Kier molecular flexibility index (Phi) is 5.74. The highest BCUT2D eigenvalue weighted by atomic mass is 19.4. The first-order valence-corrected chi connectivity index (χ1v) is 6.15. The lowest BCUT2D eigenvalue weighted by atomic mass is 10.3. The Morgan fingerprint density at radius 3 is 2.62 bits per heavy atom. The quantitative estimate of drug-likeness (QED) is 0.743. The third-order valence-corrected chi connectivity index (χ3v) is 2.76. The van der Waals surface area contributed by atoms with Gasteiger partial charge in [0, 0.05) is 26.2 Å².